The number of ether oxygens (including phenoxy) is 2. The van der Waals surface area contributed by atoms with Crippen LogP contribution in [0.3, 0.4) is 0 Å². The topological polar surface area (TPSA) is 146 Å². The van der Waals surface area contributed by atoms with Gasteiger partial charge in [0.15, 0.2) is 0 Å². The Bertz CT molecular complexity index is 1010. The number of carbonyl (C=O) groups is 6. The van der Waals surface area contributed by atoms with Crippen LogP contribution in [0, 0.1) is 0 Å². The summed E-state index contributed by atoms with van der Waals surface area (Å²) in [4.78, 5) is 82.4. The van der Waals surface area contributed by atoms with E-state index in [0.717, 1.165) is 0 Å². The summed E-state index contributed by atoms with van der Waals surface area (Å²) in [6.45, 7) is 13.3. The molecule has 1 N–H and O–H groups in total. The van der Waals surface area contributed by atoms with E-state index in [9.17, 15) is 28.8 Å². The van der Waals surface area contributed by atoms with E-state index in [1.807, 2.05) is 0 Å². The van der Waals surface area contributed by atoms with Crippen molar-refractivity contribution < 1.29 is 38.2 Å². The second-order valence-electron chi connectivity index (χ2n) is 13.0. The van der Waals surface area contributed by atoms with Crippen molar-refractivity contribution in [2.45, 2.75) is 104 Å². The Morgan fingerprint density at radius 3 is 2.02 bits per heavy atom. The third-order valence-electron chi connectivity index (χ3n) is 6.98. The quantitative estimate of drug-likeness (QED) is 0.378. The van der Waals surface area contributed by atoms with Crippen LogP contribution >= 0.6 is 0 Å². The molecule has 0 aliphatic carbocycles. The van der Waals surface area contributed by atoms with Crippen molar-refractivity contribution in [1.29, 1.82) is 0 Å². The molecule has 2 fully saturated rings. The number of carbonyl (C=O) groups excluding carboxylic acids is 6. The fourth-order valence-corrected chi connectivity index (χ4v) is 4.81. The van der Waals surface area contributed by atoms with E-state index in [1.54, 1.807) is 51.3 Å². The first-order chi connectivity index (χ1) is 19.4. The monoisotopic (exact) mass is 595 g/mol. The van der Waals surface area contributed by atoms with Crippen molar-refractivity contribution in [1.82, 2.24) is 24.9 Å². The number of Topliss-reactive ketones (excluding diaryl/α,β-unsaturated/α-hetero) is 1. The summed E-state index contributed by atoms with van der Waals surface area (Å²) in [6.07, 6.45) is 0.646. The maximum absolute atomic E-state index is 13.9. The molecule has 0 bridgehead atoms. The molecule has 2 saturated heterocycles. The highest BCUT2D eigenvalue weighted by Gasteiger charge is 2.43. The van der Waals surface area contributed by atoms with Gasteiger partial charge in [-0.05, 0) is 74.1 Å². The number of amides is 5. The van der Waals surface area contributed by atoms with Gasteiger partial charge in [0.05, 0.1) is 0 Å². The third kappa shape index (κ3) is 10.8. The van der Waals surface area contributed by atoms with Gasteiger partial charge in [-0.3, -0.25) is 14.4 Å². The zero-order valence-corrected chi connectivity index (χ0v) is 26.5. The Kier molecular flexibility index (Phi) is 12.2. The van der Waals surface area contributed by atoms with E-state index < -0.39 is 35.5 Å². The number of ketones is 1. The molecule has 2 aliphatic rings. The van der Waals surface area contributed by atoms with E-state index >= 15 is 0 Å². The molecular formula is C29H49N5O8. The average Bonchev–Trinajstić information content (AvgIpc) is 2.86. The van der Waals surface area contributed by atoms with E-state index in [2.05, 4.69) is 5.32 Å². The number of rotatable bonds is 10. The molecule has 0 radical (unpaired) electrons. The lowest BCUT2D eigenvalue weighted by atomic mass is 9.99. The largest absolute Gasteiger partial charge is 0.444 e. The first kappa shape index (κ1) is 34.8. The lowest BCUT2D eigenvalue weighted by Gasteiger charge is -2.43. The number of piperazine rings is 2. The van der Waals surface area contributed by atoms with Gasteiger partial charge >= 0.3 is 12.2 Å². The van der Waals surface area contributed by atoms with Gasteiger partial charge in [0.1, 0.15) is 35.6 Å². The molecule has 2 heterocycles. The normalized spacial score (nSPS) is 19.0. The molecule has 2 rings (SSSR count). The van der Waals surface area contributed by atoms with E-state index in [4.69, 9.17) is 9.47 Å². The van der Waals surface area contributed by atoms with Crippen molar-refractivity contribution in [2.24, 2.45) is 0 Å². The Labute approximate surface area is 249 Å². The zero-order chi connectivity index (χ0) is 31.8. The first-order valence-corrected chi connectivity index (χ1v) is 14.7. The minimum Gasteiger partial charge on any atom is -0.444 e. The molecule has 0 spiro atoms. The molecular weight excluding hydrogens is 546 g/mol. The van der Waals surface area contributed by atoms with Gasteiger partial charge in [-0.2, -0.15) is 0 Å². The predicted molar refractivity (Wildman–Crippen MR) is 154 cm³/mol. The predicted octanol–water partition coefficient (Wildman–Crippen LogP) is 2.17. The van der Waals surface area contributed by atoms with Crippen LogP contribution < -0.4 is 5.32 Å². The van der Waals surface area contributed by atoms with Crippen molar-refractivity contribution in [3.05, 3.63) is 0 Å². The molecule has 2 aliphatic heterocycles. The summed E-state index contributed by atoms with van der Waals surface area (Å²) in [5.74, 6) is -1.05. The molecule has 13 nitrogen and oxygen atoms in total. The minimum absolute atomic E-state index is 0.0891. The van der Waals surface area contributed by atoms with Gasteiger partial charge in [-0.25, -0.2) is 9.59 Å². The number of hydrogen-bond acceptors (Lipinski definition) is 8. The van der Waals surface area contributed by atoms with Gasteiger partial charge < -0.3 is 39.2 Å². The van der Waals surface area contributed by atoms with Gasteiger partial charge in [0.2, 0.25) is 17.7 Å². The summed E-state index contributed by atoms with van der Waals surface area (Å²) in [6, 6.07) is -1.73. The van der Waals surface area contributed by atoms with E-state index in [-0.39, 0.29) is 75.5 Å². The molecule has 5 amide bonds. The molecule has 0 unspecified atom stereocenters. The number of unbranched alkanes of at least 4 members (excludes halogenated alkanes) is 1. The summed E-state index contributed by atoms with van der Waals surface area (Å²) in [5.41, 5.74) is -1.26. The van der Waals surface area contributed by atoms with Crippen LogP contribution in [0.15, 0.2) is 0 Å². The lowest BCUT2D eigenvalue weighted by molar-refractivity contribution is -0.161. The summed E-state index contributed by atoms with van der Waals surface area (Å²) in [7, 11) is 1.54. The maximum Gasteiger partial charge on any atom is 0.410 e. The maximum atomic E-state index is 13.9. The molecule has 0 saturated carbocycles. The molecule has 0 aromatic rings. The molecule has 42 heavy (non-hydrogen) atoms. The molecule has 238 valence electrons. The second kappa shape index (κ2) is 14.7. The summed E-state index contributed by atoms with van der Waals surface area (Å²) in [5, 5.41) is 2.69. The molecule has 13 heteroatoms. The van der Waals surface area contributed by atoms with E-state index in [1.165, 1.54) is 23.8 Å². The smallest absolute Gasteiger partial charge is 0.410 e. The minimum atomic E-state index is -0.899. The van der Waals surface area contributed by atoms with Crippen LogP contribution in [0.1, 0.15) is 80.6 Å². The third-order valence-corrected chi connectivity index (χ3v) is 6.98. The Hall–Kier alpha value is -3.38. The number of likely N-dealkylation sites (N-methyl/N-ethyl adjacent to an activating group) is 1. The summed E-state index contributed by atoms with van der Waals surface area (Å²) >= 11 is 0. The van der Waals surface area contributed by atoms with Gasteiger partial charge in [0.25, 0.3) is 0 Å². The van der Waals surface area contributed by atoms with Crippen LogP contribution in [0.2, 0.25) is 0 Å². The van der Waals surface area contributed by atoms with Crippen molar-refractivity contribution in [2.75, 3.05) is 46.3 Å². The Morgan fingerprint density at radius 2 is 1.48 bits per heavy atom. The number of alkyl carbamates (subject to hydrolysis) is 1. The Balaban J connectivity index is 2.13. The van der Waals surface area contributed by atoms with Crippen LogP contribution in [-0.4, -0.2) is 125 Å². The highest BCUT2D eigenvalue weighted by atomic mass is 16.6. The molecule has 0 aromatic heterocycles. The SMILES string of the molecule is CC(=O)CC[C@H]1C(=O)N([C@@H](CCCCNC(=O)OC(C)(C)C)C(=O)N2CCN(C(=O)OC(C)(C)C)CC2)CC(=O)N1C. The van der Waals surface area contributed by atoms with Gasteiger partial charge in [-0.15, -0.1) is 0 Å². The summed E-state index contributed by atoms with van der Waals surface area (Å²) < 4.78 is 10.7. The number of nitrogens with zero attached hydrogens (tertiary/aromatic N) is 4. The standard InChI is InChI=1S/C29H49N5O8/c1-20(35)12-13-21-25(38)34(19-23(36)31(21)8)22(11-9-10-14-30-26(39)41-28(2,3)4)24(37)32-15-17-33(18-16-32)27(40)42-29(5,6)7/h21-22H,9-19H2,1-8H3,(H,30,39)/t21-,22-/m0/s1. The van der Waals surface area contributed by atoms with Crippen LogP contribution in [0.5, 0.6) is 0 Å². The fourth-order valence-electron chi connectivity index (χ4n) is 4.81. The van der Waals surface area contributed by atoms with Crippen LogP contribution in [-0.2, 0) is 28.7 Å². The zero-order valence-electron chi connectivity index (χ0n) is 26.5. The average molecular weight is 596 g/mol. The van der Waals surface area contributed by atoms with E-state index in [0.29, 0.717) is 19.4 Å². The highest BCUT2D eigenvalue weighted by molar-refractivity contribution is 5.98. The number of hydrogen-bond donors (Lipinski definition) is 1. The van der Waals surface area contributed by atoms with Crippen molar-refractivity contribution in [3.63, 3.8) is 0 Å². The van der Waals surface area contributed by atoms with Gasteiger partial charge in [-0.1, -0.05) is 0 Å². The first-order valence-electron chi connectivity index (χ1n) is 14.7. The second-order valence-corrected chi connectivity index (χ2v) is 13.0. The lowest BCUT2D eigenvalue weighted by Crippen LogP contribution is -2.64. The molecule has 0 aromatic carbocycles. The van der Waals surface area contributed by atoms with Crippen molar-refractivity contribution in [3.8, 4) is 0 Å². The van der Waals surface area contributed by atoms with Crippen molar-refractivity contribution >= 4 is 35.7 Å². The van der Waals surface area contributed by atoms with Gasteiger partial charge in [0, 0.05) is 46.2 Å². The van der Waals surface area contributed by atoms with Crippen LogP contribution in [0.25, 0.3) is 0 Å². The fraction of sp³-hybridized carbons (Fsp3) is 0.793. The Morgan fingerprint density at radius 1 is 0.905 bits per heavy atom. The molecule has 2 atom stereocenters. The van der Waals surface area contributed by atoms with Crippen LogP contribution in [0.4, 0.5) is 9.59 Å². The highest BCUT2D eigenvalue weighted by Crippen LogP contribution is 2.23. The number of nitrogens with one attached hydrogen (secondary N) is 1.